The van der Waals surface area contributed by atoms with Crippen LogP contribution in [0.1, 0.15) is 31.2 Å². The molecule has 1 aliphatic rings. The first-order valence-corrected chi connectivity index (χ1v) is 9.00. The number of nitrogens with zero attached hydrogens (tertiary/aromatic N) is 1. The zero-order valence-electron chi connectivity index (χ0n) is 12.4. The second-order valence-electron chi connectivity index (χ2n) is 5.63. The van der Waals surface area contributed by atoms with Gasteiger partial charge in [-0.1, -0.05) is 12.1 Å². The largest absolute Gasteiger partial charge is 0.314 e. The van der Waals surface area contributed by atoms with Crippen molar-refractivity contribution in [2.45, 2.75) is 38.3 Å². The zero-order chi connectivity index (χ0) is 15.3. The molecule has 1 aliphatic carbocycles. The molecule has 0 atom stereocenters. The molecule has 0 saturated heterocycles. The van der Waals surface area contributed by atoms with Crippen molar-refractivity contribution in [1.29, 1.82) is 0 Å². The molecule has 118 valence electrons. The van der Waals surface area contributed by atoms with E-state index in [-0.39, 0.29) is 18.1 Å². The third-order valence-corrected chi connectivity index (χ3v) is 5.52. The van der Waals surface area contributed by atoms with Crippen LogP contribution in [0.15, 0.2) is 24.3 Å². The van der Waals surface area contributed by atoms with Gasteiger partial charge in [-0.3, -0.25) is 0 Å². The van der Waals surface area contributed by atoms with Gasteiger partial charge in [-0.2, -0.15) is 0 Å². The van der Waals surface area contributed by atoms with Crippen molar-refractivity contribution < 1.29 is 12.8 Å². The topological polar surface area (TPSA) is 49.4 Å². The number of unbranched alkanes of at least 4 members (excludes halogenated alkanes) is 1. The lowest BCUT2D eigenvalue weighted by atomic mass is 10.2. The smallest absolute Gasteiger partial charge is 0.214 e. The summed E-state index contributed by atoms with van der Waals surface area (Å²) in [5.74, 6) is -0.149. The van der Waals surface area contributed by atoms with Gasteiger partial charge in [0.05, 0.1) is 5.75 Å². The van der Waals surface area contributed by atoms with Crippen LogP contribution in [-0.2, 0) is 16.6 Å². The summed E-state index contributed by atoms with van der Waals surface area (Å²) in [6, 6.07) is 6.59. The Bertz CT molecular complexity index is 541. The molecule has 1 aromatic carbocycles. The molecule has 21 heavy (non-hydrogen) atoms. The van der Waals surface area contributed by atoms with Gasteiger partial charge < -0.3 is 5.32 Å². The lowest BCUT2D eigenvalue weighted by Crippen LogP contribution is -2.29. The number of hydrogen-bond acceptors (Lipinski definition) is 3. The van der Waals surface area contributed by atoms with Crippen LogP contribution in [0.4, 0.5) is 4.39 Å². The van der Waals surface area contributed by atoms with Gasteiger partial charge in [-0.15, -0.1) is 0 Å². The minimum absolute atomic E-state index is 0.164. The average molecular weight is 314 g/mol. The van der Waals surface area contributed by atoms with Gasteiger partial charge in [-0.25, -0.2) is 17.1 Å². The summed E-state index contributed by atoms with van der Waals surface area (Å²) in [5, 5.41) is 3.37. The molecule has 0 heterocycles. The molecule has 0 amide bonds. The molecule has 0 bridgehead atoms. The maximum Gasteiger partial charge on any atom is 0.214 e. The zero-order valence-corrected chi connectivity index (χ0v) is 13.2. The minimum Gasteiger partial charge on any atom is -0.314 e. The molecular formula is C15H23FN2O2S. The monoisotopic (exact) mass is 314 g/mol. The van der Waals surface area contributed by atoms with Crippen LogP contribution in [0.3, 0.4) is 0 Å². The summed E-state index contributed by atoms with van der Waals surface area (Å²) in [5.41, 5.74) is 0.790. The Morgan fingerprint density at radius 1 is 1.24 bits per heavy atom. The van der Waals surface area contributed by atoms with Gasteiger partial charge in [0.1, 0.15) is 5.82 Å². The standard InChI is InChI=1S/C15H23FN2O2S/c1-18(12-13-4-6-14(16)7-5-13)21(19,20)11-3-2-10-17-15-8-9-15/h4-7,15,17H,2-3,8-12H2,1H3. The van der Waals surface area contributed by atoms with Gasteiger partial charge in [0.25, 0.3) is 0 Å². The predicted octanol–water partition coefficient (Wildman–Crippen LogP) is 2.12. The minimum atomic E-state index is -3.24. The fourth-order valence-corrected chi connectivity index (χ4v) is 3.33. The van der Waals surface area contributed by atoms with Crippen molar-refractivity contribution in [2.75, 3.05) is 19.3 Å². The highest BCUT2D eigenvalue weighted by molar-refractivity contribution is 7.89. The van der Waals surface area contributed by atoms with E-state index in [9.17, 15) is 12.8 Å². The maximum absolute atomic E-state index is 12.8. The van der Waals surface area contributed by atoms with E-state index in [1.807, 2.05) is 0 Å². The molecule has 0 spiro atoms. The first-order valence-electron chi connectivity index (χ1n) is 7.39. The quantitative estimate of drug-likeness (QED) is 0.710. The lowest BCUT2D eigenvalue weighted by Gasteiger charge is -2.17. The van der Waals surface area contributed by atoms with Crippen molar-refractivity contribution in [3.63, 3.8) is 0 Å². The molecule has 0 aromatic heterocycles. The molecule has 4 nitrogen and oxygen atoms in total. The van der Waals surface area contributed by atoms with E-state index in [4.69, 9.17) is 0 Å². The van der Waals surface area contributed by atoms with Crippen LogP contribution >= 0.6 is 0 Å². The van der Waals surface area contributed by atoms with E-state index in [1.54, 1.807) is 19.2 Å². The number of benzene rings is 1. The van der Waals surface area contributed by atoms with E-state index in [1.165, 1.54) is 29.3 Å². The maximum atomic E-state index is 12.8. The van der Waals surface area contributed by atoms with E-state index in [2.05, 4.69) is 5.32 Å². The molecule has 1 fully saturated rings. The van der Waals surface area contributed by atoms with E-state index < -0.39 is 10.0 Å². The van der Waals surface area contributed by atoms with Crippen molar-refractivity contribution in [3.8, 4) is 0 Å². The second-order valence-corrected chi connectivity index (χ2v) is 7.83. The highest BCUT2D eigenvalue weighted by Gasteiger charge is 2.20. The van der Waals surface area contributed by atoms with E-state index >= 15 is 0 Å². The fourth-order valence-electron chi connectivity index (χ4n) is 2.10. The lowest BCUT2D eigenvalue weighted by molar-refractivity contribution is 0.463. The van der Waals surface area contributed by atoms with Crippen LogP contribution in [0.5, 0.6) is 0 Å². The molecule has 1 aromatic rings. The van der Waals surface area contributed by atoms with Crippen molar-refractivity contribution >= 4 is 10.0 Å². The van der Waals surface area contributed by atoms with E-state index in [0.29, 0.717) is 12.5 Å². The number of sulfonamides is 1. The number of nitrogens with one attached hydrogen (secondary N) is 1. The Labute approximate surface area is 126 Å². The summed E-state index contributed by atoms with van der Waals surface area (Å²) in [6.07, 6.45) is 4.04. The molecule has 1 saturated carbocycles. The Morgan fingerprint density at radius 2 is 1.90 bits per heavy atom. The Morgan fingerprint density at radius 3 is 2.52 bits per heavy atom. The second kappa shape index (κ2) is 7.33. The molecule has 6 heteroatoms. The van der Waals surface area contributed by atoms with Crippen molar-refractivity contribution in [3.05, 3.63) is 35.6 Å². The van der Waals surface area contributed by atoms with Crippen molar-refractivity contribution in [2.24, 2.45) is 0 Å². The van der Waals surface area contributed by atoms with Gasteiger partial charge in [0, 0.05) is 19.6 Å². The number of halogens is 1. The first kappa shape index (κ1) is 16.4. The summed E-state index contributed by atoms with van der Waals surface area (Å²) in [6.45, 7) is 1.17. The Hall–Kier alpha value is -0.980. The highest BCUT2D eigenvalue weighted by atomic mass is 32.2. The Balaban J connectivity index is 1.73. The third kappa shape index (κ3) is 5.73. The molecule has 0 aliphatic heterocycles. The molecule has 2 rings (SSSR count). The van der Waals surface area contributed by atoms with Crippen LogP contribution in [0.2, 0.25) is 0 Å². The highest BCUT2D eigenvalue weighted by Crippen LogP contribution is 2.18. The SMILES string of the molecule is CN(Cc1ccc(F)cc1)S(=O)(=O)CCCCNC1CC1. The normalized spacial score (nSPS) is 15.6. The molecule has 0 unspecified atom stereocenters. The summed E-state index contributed by atoms with van der Waals surface area (Å²) < 4.78 is 38.4. The average Bonchev–Trinajstić information content (AvgIpc) is 3.25. The summed E-state index contributed by atoms with van der Waals surface area (Å²) in [7, 11) is -1.67. The van der Waals surface area contributed by atoms with Crippen LogP contribution in [-0.4, -0.2) is 38.1 Å². The molecule has 1 N–H and O–H groups in total. The van der Waals surface area contributed by atoms with E-state index in [0.717, 1.165) is 18.5 Å². The van der Waals surface area contributed by atoms with Gasteiger partial charge in [0.2, 0.25) is 10.0 Å². The fraction of sp³-hybridized carbons (Fsp3) is 0.600. The number of hydrogen-bond donors (Lipinski definition) is 1. The van der Waals surface area contributed by atoms with Gasteiger partial charge >= 0.3 is 0 Å². The third-order valence-electron chi connectivity index (χ3n) is 3.63. The summed E-state index contributed by atoms with van der Waals surface area (Å²) >= 11 is 0. The van der Waals surface area contributed by atoms with Crippen LogP contribution in [0, 0.1) is 5.82 Å². The van der Waals surface area contributed by atoms with Crippen molar-refractivity contribution in [1.82, 2.24) is 9.62 Å². The Kier molecular flexibility index (Phi) is 5.72. The molecule has 0 radical (unpaired) electrons. The van der Waals surface area contributed by atoms with Gasteiger partial charge in [-0.05, 0) is 49.9 Å². The first-order chi connectivity index (χ1) is 9.97. The predicted molar refractivity (Wildman–Crippen MR) is 81.9 cm³/mol. The van der Waals surface area contributed by atoms with Crippen LogP contribution in [0.25, 0.3) is 0 Å². The van der Waals surface area contributed by atoms with Gasteiger partial charge in [0.15, 0.2) is 0 Å². The number of rotatable bonds is 9. The molecular weight excluding hydrogens is 291 g/mol. The van der Waals surface area contributed by atoms with Crippen LogP contribution < -0.4 is 5.32 Å². The summed E-state index contributed by atoms with van der Waals surface area (Å²) in [4.78, 5) is 0.